The predicted octanol–water partition coefficient (Wildman–Crippen LogP) is 14.2. The third-order valence-corrected chi connectivity index (χ3v) is 16.9. The zero-order chi connectivity index (χ0) is 42.1. The van der Waals surface area contributed by atoms with Crippen LogP contribution >= 0.6 is 0 Å². The maximum Gasteiger partial charge on any atom is 0.154 e. The summed E-state index contributed by atoms with van der Waals surface area (Å²) in [5.41, 5.74) is 13.8. The number of hydrogen-bond donors (Lipinski definition) is 0. The van der Waals surface area contributed by atoms with Gasteiger partial charge in [0.05, 0.1) is 30.2 Å². The van der Waals surface area contributed by atoms with Gasteiger partial charge in [-0.05, 0) is 137 Å². The lowest BCUT2D eigenvalue weighted by Gasteiger charge is -2.38. The molecule has 328 valence electrons. The highest BCUT2D eigenvalue weighted by atomic mass is 15.2. The van der Waals surface area contributed by atoms with E-state index in [1.165, 1.54) is 107 Å². The molecule has 0 radical (unpaired) electrons. The number of amidine groups is 1. The Morgan fingerprint density at radius 2 is 1.57 bits per heavy atom. The second-order valence-corrected chi connectivity index (χ2v) is 20.6. The molecule has 63 heavy (non-hydrogen) atoms. The van der Waals surface area contributed by atoms with E-state index < -0.39 is 0 Å². The SMILES string of the molecule is CCCCCCCC1=CC=C(N2C3CC=C(C4C=CC5C(C4)C4=CCCC[C@H]4N5C4=CC=C(C5=NC(C6=CCCC=C6)=NC(C6C=CC=CC6)C5)CC4)C=C3C3CCC=CC32)CC1. The highest BCUT2D eigenvalue weighted by molar-refractivity contribution is 6.15. The Morgan fingerprint density at radius 3 is 2.40 bits per heavy atom. The molecule has 11 aliphatic rings. The molecule has 4 nitrogen and oxygen atoms in total. The van der Waals surface area contributed by atoms with Gasteiger partial charge in [0, 0.05) is 52.8 Å². The van der Waals surface area contributed by atoms with Crippen molar-refractivity contribution in [1.29, 1.82) is 0 Å². The molecule has 0 bridgehead atoms. The van der Waals surface area contributed by atoms with Gasteiger partial charge in [-0.25, -0.2) is 4.99 Å². The Bertz CT molecular complexity index is 2270. The molecule has 4 heteroatoms. The summed E-state index contributed by atoms with van der Waals surface area (Å²) in [7, 11) is 0. The van der Waals surface area contributed by atoms with Crippen molar-refractivity contribution in [3.05, 3.63) is 154 Å². The Balaban J connectivity index is 0.812. The molecule has 0 aromatic heterocycles. The lowest BCUT2D eigenvalue weighted by Crippen LogP contribution is -2.38. The number of likely N-dealkylation sites (tertiary alicyclic amines) is 2. The third-order valence-electron chi connectivity index (χ3n) is 16.9. The summed E-state index contributed by atoms with van der Waals surface area (Å²) in [6, 6.07) is 2.31. The predicted molar refractivity (Wildman–Crippen MR) is 264 cm³/mol. The first-order valence-electron chi connectivity index (χ1n) is 25.9. The van der Waals surface area contributed by atoms with Crippen LogP contribution in [0, 0.1) is 23.7 Å². The lowest BCUT2D eigenvalue weighted by atomic mass is 9.73. The molecule has 2 fully saturated rings. The minimum absolute atomic E-state index is 0.245. The molecular weight excluding hydrogens is 765 g/mol. The fourth-order valence-corrected chi connectivity index (χ4v) is 13.6. The summed E-state index contributed by atoms with van der Waals surface area (Å²) in [6.07, 6.45) is 70.2. The summed E-state index contributed by atoms with van der Waals surface area (Å²) in [5.74, 6) is 3.17. The van der Waals surface area contributed by atoms with Crippen molar-refractivity contribution >= 4 is 11.5 Å². The molecule has 2 saturated heterocycles. The highest BCUT2D eigenvalue weighted by Gasteiger charge is 2.49. The van der Waals surface area contributed by atoms with Gasteiger partial charge in [0.2, 0.25) is 0 Å². The van der Waals surface area contributed by atoms with E-state index in [-0.39, 0.29) is 6.04 Å². The molecular formula is C59H72N4. The van der Waals surface area contributed by atoms with Crippen molar-refractivity contribution in [3.8, 4) is 0 Å². The van der Waals surface area contributed by atoms with Crippen LogP contribution in [0.1, 0.15) is 142 Å². The van der Waals surface area contributed by atoms with Crippen LogP contribution in [0.25, 0.3) is 0 Å². The van der Waals surface area contributed by atoms with Crippen molar-refractivity contribution in [2.45, 2.75) is 172 Å². The zero-order valence-corrected chi connectivity index (χ0v) is 38.2. The number of aliphatic imine (C=N–C) groups is 2. The molecule has 8 unspecified atom stereocenters. The van der Waals surface area contributed by atoms with Gasteiger partial charge >= 0.3 is 0 Å². The maximum atomic E-state index is 5.32. The number of hydrogen-bond acceptors (Lipinski definition) is 4. The van der Waals surface area contributed by atoms with Crippen molar-refractivity contribution in [3.63, 3.8) is 0 Å². The quantitative estimate of drug-likeness (QED) is 0.145. The molecule has 3 heterocycles. The normalized spacial score (nSPS) is 34.3. The van der Waals surface area contributed by atoms with E-state index in [9.17, 15) is 0 Å². The molecule has 0 saturated carbocycles. The van der Waals surface area contributed by atoms with Gasteiger partial charge in [-0.3, -0.25) is 4.99 Å². The molecule has 3 aliphatic heterocycles. The molecule has 9 atom stereocenters. The van der Waals surface area contributed by atoms with E-state index in [1.54, 1.807) is 33.7 Å². The average molecular weight is 837 g/mol. The molecule has 11 rings (SSSR count). The van der Waals surface area contributed by atoms with Gasteiger partial charge in [0.1, 0.15) is 0 Å². The standard InChI is InChI=1S/C59H72N4/c1-2-3-4-5-8-17-41-26-32-47(33-27-41)62-55-24-15-13-22-49(55)51-38-45(30-36-57(51)62)46-31-37-58-52(39-46)50-23-14-16-25-56(50)63(58)48-34-28-43(29-35-48)54-40-53(42-18-9-6-10-19-42)60-59(61-54)44-20-11-7-12-21-44/h6,9-11,15,18,20-21,23-24,26,28,30-32,34,37-38,42,46,49,52-53,55-58H,2-5,7-8,12-14,16-17,19,22,25,27,29,33,35-36,39-40H2,1H3/t42?,46?,49?,52?,53?,55?,56-,57?,58?/m1/s1. The van der Waals surface area contributed by atoms with Crippen LogP contribution in [0.4, 0.5) is 0 Å². The molecule has 0 amide bonds. The lowest BCUT2D eigenvalue weighted by molar-refractivity contribution is 0.240. The second kappa shape index (κ2) is 18.6. The van der Waals surface area contributed by atoms with Crippen LogP contribution in [0.5, 0.6) is 0 Å². The Hall–Kier alpha value is -4.44. The van der Waals surface area contributed by atoms with Gasteiger partial charge < -0.3 is 9.80 Å². The van der Waals surface area contributed by atoms with E-state index in [0.717, 1.165) is 50.8 Å². The summed E-state index contributed by atoms with van der Waals surface area (Å²) in [6.45, 7) is 2.31. The van der Waals surface area contributed by atoms with Gasteiger partial charge in [0.25, 0.3) is 0 Å². The van der Waals surface area contributed by atoms with Crippen LogP contribution in [0.3, 0.4) is 0 Å². The summed E-state index contributed by atoms with van der Waals surface area (Å²) in [5, 5.41) is 0. The average Bonchev–Trinajstić information content (AvgIpc) is 3.87. The number of allylic oxidation sites excluding steroid dienone is 18. The molecule has 0 N–H and O–H groups in total. The largest absolute Gasteiger partial charge is 0.361 e. The van der Waals surface area contributed by atoms with Crippen molar-refractivity contribution in [1.82, 2.24) is 9.80 Å². The summed E-state index contributed by atoms with van der Waals surface area (Å²) in [4.78, 5) is 16.4. The fraction of sp³-hybridized carbons (Fsp3) is 0.525. The first-order chi connectivity index (χ1) is 31.2. The van der Waals surface area contributed by atoms with Crippen molar-refractivity contribution in [2.24, 2.45) is 33.7 Å². The second-order valence-electron chi connectivity index (χ2n) is 20.6. The topological polar surface area (TPSA) is 31.2 Å². The number of unbranched alkanes of at least 4 members (excludes halogenated alkanes) is 4. The first kappa shape index (κ1) is 41.3. The van der Waals surface area contributed by atoms with Gasteiger partial charge in [-0.2, -0.15) is 0 Å². The Kier molecular flexibility index (Phi) is 12.2. The fourth-order valence-electron chi connectivity index (χ4n) is 13.6. The van der Waals surface area contributed by atoms with Crippen LogP contribution < -0.4 is 0 Å². The van der Waals surface area contributed by atoms with E-state index in [2.05, 4.69) is 126 Å². The minimum atomic E-state index is 0.245. The third kappa shape index (κ3) is 8.27. The van der Waals surface area contributed by atoms with Crippen LogP contribution in [-0.4, -0.2) is 51.6 Å². The zero-order valence-electron chi connectivity index (χ0n) is 38.2. The van der Waals surface area contributed by atoms with E-state index in [1.807, 2.05) is 0 Å². The Morgan fingerprint density at radius 1 is 0.683 bits per heavy atom. The smallest absolute Gasteiger partial charge is 0.154 e. The van der Waals surface area contributed by atoms with Crippen molar-refractivity contribution < 1.29 is 0 Å². The van der Waals surface area contributed by atoms with Crippen molar-refractivity contribution in [2.75, 3.05) is 0 Å². The Labute approximate surface area is 379 Å². The summed E-state index contributed by atoms with van der Waals surface area (Å²) < 4.78 is 0. The molecule has 0 spiro atoms. The molecule has 8 aliphatic carbocycles. The monoisotopic (exact) mass is 837 g/mol. The minimum Gasteiger partial charge on any atom is -0.361 e. The van der Waals surface area contributed by atoms with Crippen LogP contribution in [-0.2, 0) is 0 Å². The maximum absolute atomic E-state index is 5.32. The number of fused-ring (bicyclic) bond motifs is 6. The number of nitrogens with zero attached hydrogens (tertiary/aromatic N) is 4. The van der Waals surface area contributed by atoms with Crippen LogP contribution in [0.15, 0.2) is 164 Å². The molecule has 0 aromatic rings. The van der Waals surface area contributed by atoms with E-state index in [4.69, 9.17) is 9.98 Å². The van der Waals surface area contributed by atoms with Gasteiger partial charge in [0.15, 0.2) is 5.84 Å². The van der Waals surface area contributed by atoms with E-state index >= 15 is 0 Å². The first-order valence-corrected chi connectivity index (χ1v) is 25.9. The van der Waals surface area contributed by atoms with Gasteiger partial charge in [-0.15, -0.1) is 0 Å². The molecule has 0 aromatic carbocycles. The van der Waals surface area contributed by atoms with Crippen LogP contribution in [0.2, 0.25) is 0 Å². The summed E-state index contributed by atoms with van der Waals surface area (Å²) >= 11 is 0. The number of rotatable bonds is 12. The highest BCUT2D eigenvalue weighted by Crippen LogP contribution is 2.52. The van der Waals surface area contributed by atoms with Gasteiger partial charge in [-0.1, -0.05) is 135 Å². The van der Waals surface area contributed by atoms with E-state index in [0.29, 0.717) is 47.8 Å².